The third-order valence-electron chi connectivity index (χ3n) is 2.96. The van der Waals surface area contributed by atoms with Gasteiger partial charge in [0.25, 0.3) is 0 Å². The smallest absolute Gasteiger partial charge is 0.338 e. The molecule has 4 nitrogen and oxygen atoms in total. The molecule has 19 heavy (non-hydrogen) atoms. The Balaban J connectivity index is 2.16. The average Bonchev–Trinajstić information content (AvgIpc) is 2.81. The van der Waals surface area contributed by atoms with E-state index >= 15 is 0 Å². The number of hydrogen-bond acceptors (Lipinski definition) is 4. The van der Waals surface area contributed by atoms with Crippen molar-refractivity contribution in [2.45, 2.75) is 26.2 Å². The molecule has 2 rings (SSSR count). The molecule has 0 bridgehead atoms. The summed E-state index contributed by atoms with van der Waals surface area (Å²) in [6, 6.07) is 7.40. The number of aryl methyl sites for hydroxylation is 1. The Labute approximate surface area is 112 Å². The van der Waals surface area contributed by atoms with Gasteiger partial charge in [0.1, 0.15) is 11.3 Å². The van der Waals surface area contributed by atoms with Crippen molar-refractivity contribution in [2.24, 2.45) is 5.73 Å². The van der Waals surface area contributed by atoms with Gasteiger partial charge in [-0.1, -0.05) is 6.07 Å². The van der Waals surface area contributed by atoms with Crippen LogP contribution in [0.4, 0.5) is 0 Å². The van der Waals surface area contributed by atoms with Gasteiger partial charge in [-0.25, -0.2) is 4.79 Å². The predicted molar refractivity (Wildman–Crippen MR) is 74.2 cm³/mol. The summed E-state index contributed by atoms with van der Waals surface area (Å²) in [5.74, 6) is 0.620. The van der Waals surface area contributed by atoms with Crippen molar-refractivity contribution in [3.63, 3.8) is 0 Å². The van der Waals surface area contributed by atoms with Gasteiger partial charge < -0.3 is 14.9 Å². The van der Waals surface area contributed by atoms with Crippen LogP contribution in [0.3, 0.4) is 0 Å². The highest BCUT2D eigenvalue weighted by Gasteiger charge is 2.10. The summed E-state index contributed by atoms with van der Waals surface area (Å²) in [4.78, 5) is 11.6. The monoisotopic (exact) mass is 261 g/mol. The van der Waals surface area contributed by atoms with Gasteiger partial charge in [0.2, 0.25) is 0 Å². The van der Waals surface area contributed by atoms with Gasteiger partial charge in [0.15, 0.2) is 0 Å². The number of ether oxygens (including phenoxy) is 1. The molecule has 2 aromatic rings. The van der Waals surface area contributed by atoms with Crippen molar-refractivity contribution in [2.75, 3.05) is 13.2 Å². The summed E-state index contributed by atoms with van der Waals surface area (Å²) < 4.78 is 10.7. The van der Waals surface area contributed by atoms with Gasteiger partial charge in [-0.2, -0.15) is 0 Å². The first-order valence-electron chi connectivity index (χ1n) is 6.64. The van der Waals surface area contributed by atoms with Crippen LogP contribution in [0.1, 0.15) is 35.9 Å². The average molecular weight is 261 g/mol. The second kappa shape index (κ2) is 6.38. The van der Waals surface area contributed by atoms with Gasteiger partial charge in [0, 0.05) is 11.8 Å². The first-order chi connectivity index (χ1) is 9.24. The van der Waals surface area contributed by atoms with E-state index in [4.69, 9.17) is 14.9 Å². The second-order valence-electron chi connectivity index (χ2n) is 4.43. The van der Waals surface area contributed by atoms with E-state index in [9.17, 15) is 4.79 Å². The summed E-state index contributed by atoms with van der Waals surface area (Å²) in [6.07, 6.45) is 2.88. The van der Waals surface area contributed by atoms with Crippen LogP contribution in [0.2, 0.25) is 0 Å². The lowest BCUT2D eigenvalue weighted by Crippen LogP contribution is -2.03. The Kier molecular flexibility index (Phi) is 4.58. The van der Waals surface area contributed by atoms with Gasteiger partial charge >= 0.3 is 5.97 Å². The number of esters is 1. The van der Waals surface area contributed by atoms with Crippen LogP contribution >= 0.6 is 0 Å². The van der Waals surface area contributed by atoms with Crippen LogP contribution in [-0.4, -0.2) is 19.1 Å². The molecule has 0 aliphatic rings. The minimum Gasteiger partial charge on any atom is -0.462 e. The van der Waals surface area contributed by atoms with Crippen molar-refractivity contribution in [3.8, 4) is 0 Å². The third kappa shape index (κ3) is 3.35. The molecule has 2 N–H and O–H groups in total. The van der Waals surface area contributed by atoms with Crippen LogP contribution in [-0.2, 0) is 11.2 Å². The molecule has 0 saturated carbocycles. The molecule has 0 spiro atoms. The van der Waals surface area contributed by atoms with Crippen LogP contribution in [0.15, 0.2) is 28.7 Å². The molecule has 0 aliphatic carbocycles. The largest absolute Gasteiger partial charge is 0.462 e. The lowest BCUT2D eigenvalue weighted by atomic mass is 10.1. The molecule has 1 aromatic heterocycles. The number of benzene rings is 1. The molecule has 0 unspecified atom stereocenters. The molecule has 4 heteroatoms. The van der Waals surface area contributed by atoms with Crippen LogP contribution in [0.25, 0.3) is 11.0 Å². The fourth-order valence-electron chi connectivity index (χ4n) is 1.99. The highest BCUT2D eigenvalue weighted by atomic mass is 16.5. The first kappa shape index (κ1) is 13.6. The molecule has 0 amide bonds. The van der Waals surface area contributed by atoms with E-state index in [0.29, 0.717) is 18.7 Å². The van der Waals surface area contributed by atoms with E-state index < -0.39 is 0 Å². The first-order valence-corrected chi connectivity index (χ1v) is 6.64. The predicted octanol–water partition coefficient (Wildman–Crippen LogP) is 2.89. The summed E-state index contributed by atoms with van der Waals surface area (Å²) in [5.41, 5.74) is 6.72. The van der Waals surface area contributed by atoms with Crippen molar-refractivity contribution in [3.05, 3.63) is 35.6 Å². The van der Waals surface area contributed by atoms with Gasteiger partial charge in [0.05, 0.1) is 12.2 Å². The molecule has 102 valence electrons. The van der Waals surface area contributed by atoms with E-state index in [2.05, 4.69) is 0 Å². The third-order valence-corrected chi connectivity index (χ3v) is 2.96. The summed E-state index contributed by atoms with van der Waals surface area (Å²) >= 11 is 0. The van der Waals surface area contributed by atoms with Crippen LogP contribution in [0, 0.1) is 0 Å². The van der Waals surface area contributed by atoms with Gasteiger partial charge in [-0.3, -0.25) is 0 Å². The van der Waals surface area contributed by atoms with E-state index in [1.807, 2.05) is 12.1 Å². The van der Waals surface area contributed by atoms with Gasteiger partial charge in [-0.05, 0) is 44.5 Å². The topological polar surface area (TPSA) is 65.5 Å². The van der Waals surface area contributed by atoms with E-state index in [1.165, 1.54) is 0 Å². The molecule has 0 atom stereocenters. The maximum atomic E-state index is 11.6. The molecule has 1 aromatic carbocycles. The zero-order valence-corrected chi connectivity index (χ0v) is 11.1. The van der Waals surface area contributed by atoms with Crippen molar-refractivity contribution in [1.29, 1.82) is 0 Å². The number of carbonyl (C=O) groups excluding carboxylic acids is 1. The van der Waals surface area contributed by atoms with Crippen LogP contribution in [0.5, 0.6) is 0 Å². The Bertz CT molecular complexity index is 560. The van der Waals surface area contributed by atoms with E-state index in [1.54, 1.807) is 19.1 Å². The number of rotatable bonds is 6. The number of hydrogen-bond donors (Lipinski definition) is 1. The maximum Gasteiger partial charge on any atom is 0.338 e. The van der Waals surface area contributed by atoms with Gasteiger partial charge in [-0.15, -0.1) is 0 Å². The van der Waals surface area contributed by atoms with Crippen molar-refractivity contribution in [1.82, 2.24) is 0 Å². The van der Waals surface area contributed by atoms with E-state index in [0.717, 1.165) is 36.0 Å². The summed E-state index contributed by atoms with van der Waals surface area (Å²) in [7, 11) is 0. The second-order valence-corrected chi connectivity index (χ2v) is 4.43. The summed E-state index contributed by atoms with van der Waals surface area (Å²) in [5, 5.41) is 1.01. The number of furan rings is 1. The fourth-order valence-corrected chi connectivity index (χ4v) is 1.99. The fraction of sp³-hybridized carbons (Fsp3) is 0.400. The molecule has 0 saturated heterocycles. The van der Waals surface area contributed by atoms with Crippen molar-refractivity contribution >= 4 is 16.9 Å². The SMILES string of the molecule is CCOC(=O)c1ccc2cc(CCCCN)oc2c1. The number of unbranched alkanes of at least 4 members (excludes halogenated alkanes) is 1. The quantitative estimate of drug-likeness (QED) is 0.641. The molecule has 0 aliphatic heterocycles. The molecular weight excluding hydrogens is 242 g/mol. The minimum absolute atomic E-state index is 0.314. The standard InChI is InChI=1S/C15H19NO3/c1-2-18-15(17)12-7-6-11-9-13(5-3-4-8-16)19-14(11)10-12/h6-7,9-10H,2-5,8,16H2,1H3. The van der Waals surface area contributed by atoms with Crippen LogP contribution < -0.4 is 5.73 Å². The number of fused-ring (bicyclic) bond motifs is 1. The molecular formula is C15H19NO3. The normalized spacial score (nSPS) is 10.8. The highest BCUT2D eigenvalue weighted by Crippen LogP contribution is 2.22. The molecule has 0 fully saturated rings. The Hall–Kier alpha value is -1.81. The molecule has 1 heterocycles. The number of carbonyl (C=O) groups is 1. The van der Waals surface area contributed by atoms with Crippen molar-refractivity contribution < 1.29 is 13.9 Å². The number of nitrogens with two attached hydrogens (primary N) is 1. The molecule has 0 radical (unpaired) electrons. The minimum atomic E-state index is -0.314. The Morgan fingerprint density at radius 3 is 2.89 bits per heavy atom. The maximum absolute atomic E-state index is 11.6. The highest BCUT2D eigenvalue weighted by molar-refractivity contribution is 5.94. The lowest BCUT2D eigenvalue weighted by Gasteiger charge is -2.00. The summed E-state index contributed by atoms with van der Waals surface area (Å²) in [6.45, 7) is 2.87. The zero-order chi connectivity index (χ0) is 13.7. The Morgan fingerprint density at radius 2 is 2.16 bits per heavy atom. The zero-order valence-electron chi connectivity index (χ0n) is 11.1. The van der Waals surface area contributed by atoms with E-state index in [-0.39, 0.29) is 5.97 Å². The lowest BCUT2D eigenvalue weighted by molar-refractivity contribution is 0.0526. The Morgan fingerprint density at radius 1 is 1.32 bits per heavy atom.